The van der Waals surface area contributed by atoms with Crippen LogP contribution >= 0.6 is 7.60 Å². The molecule has 0 heterocycles. The van der Waals surface area contributed by atoms with Crippen molar-refractivity contribution in [1.82, 2.24) is 0 Å². The first-order chi connectivity index (χ1) is 10.4. The van der Waals surface area contributed by atoms with E-state index in [1.807, 2.05) is 6.08 Å². The van der Waals surface area contributed by atoms with Crippen LogP contribution in [0.25, 0.3) is 0 Å². The standard InChI is InChI=1S/C18H27O3P/c1-18-9-2-3-17(18)16-6-4-12-11-13(22(19,20)21)5-7-14(12)15(16)8-10-18/h4,11,14-17H,2-3,5-10H2,1H3,(H2,19,20,21)/t14?,15?,16?,17?,18-/m0/s1. The lowest BCUT2D eigenvalue weighted by atomic mass is 9.54. The summed E-state index contributed by atoms with van der Waals surface area (Å²) in [5, 5.41) is 0.356. The smallest absolute Gasteiger partial charge is 0.321 e. The van der Waals surface area contributed by atoms with Crippen molar-refractivity contribution in [2.45, 2.75) is 58.3 Å². The molecule has 5 atom stereocenters. The Bertz CT molecular complexity index is 587. The Morgan fingerprint density at radius 3 is 2.77 bits per heavy atom. The molecule has 0 aromatic carbocycles. The third kappa shape index (κ3) is 2.28. The van der Waals surface area contributed by atoms with Gasteiger partial charge < -0.3 is 9.79 Å². The SMILES string of the molecule is C[C@@]12CCCC1C1CC=C3C=C(P(=O)(O)O)CCC3C1CC2. The fourth-order valence-electron chi connectivity index (χ4n) is 6.16. The van der Waals surface area contributed by atoms with Crippen molar-refractivity contribution in [2.24, 2.45) is 29.1 Å². The first-order valence-electron chi connectivity index (χ1n) is 8.85. The summed E-state index contributed by atoms with van der Waals surface area (Å²) in [7, 11) is -4.05. The number of hydrogen-bond acceptors (Lipinski definition) is 1. The fraction of sp³-hybridized carbons (Fsp3) is 0.778. The molecule has 22 heavy (non-hydrogen) atoms. The van der Waals surface area contributed by atoms with Gasteiger partial charge in [0.15, 0.2) is 0 Å². The van der Waals surface area contributed by atoms with E-state index in [-0.39, 0.29) is 0 Å². The number of allylic oxidation sites excluding steroid dienone is 4. The van der Waals surface area contributed by atoms with Gasteiger partial charge in [0.1, 0.15) is 0 Å². The van der Waals surface area contributed by atoms with E-state index in [0.29, 0.717) is 23.1 Å². The van der Waals surface area contributed by atoms with Gasteiger partial charge in [-0.25, -0.2) is 0 Å². The number of rotatable bonds is 1. The van der Waals surface area contributed by atoms with E-state index in [0.717, 1.165) is 30.6 Å². The van der Waals surface area contributed by atoms with Gasteiger partial charge in [0.25, 0.3) is 0 Å². The number of fused-ring (bicyclic) bond motifs is 5. The van der Waals surface area contributed by atoms with Crippen LogP contribution < -0.4 is 0 Å². The molecule has 0 aliphatic heterocycles. The first-order valence-corrected chi connectivity index (χ1v) is 10.5. The lowest BCUT2D eigenvalue weighted by Crippen LogP contribution is -2.43. The van der Waals surface area contributed by atoms with Gasteiger partial charge >= 0.3 is 7.60 Å². The third-order valence-corrected chi connectivity index (χ3v) is 8.36. The Morgan fingerprint density at radius 1 is 1.18 bits per heavy atom. The average molecular weight is 322 g/mol. The lowest BCUT2D eigenvalue weighted by molar-refractivity contribution is 0.0142. The third-order valence-electron chi connectivity index (χ3n) is 7.26. The van der Waals surface area contributed by atoms with Crippen molar-refractivity contribution in [1.29, 1.82) is 0 Å². The van der Waals surface area contributed by atoms with Crippen LogP contribution in [0.5, 0.6) is 0 Å². The molecule has 0 saturated heterocycles. The van der Waals surface area contributed by atoms with E-state index in [1.54, 1.807) is 0 Å². The summed E-state index contributed by atoms with van der Waals surface area (Å²) in [6.07, 6.45) is 13.7. The quantitative estimate of drug-likeness (QED) is 0.693. The van der Waals surface area contributed by atoms with Crippen molar-refractivity contribution in [3.63, 3.8) is 0 Å². The molecule has 0 bridgehead atoms. The van der Waals surface area contributed by atoms with Gasteiger partial charge in [0.2, 0.25) is 0 Å². The van der Waals surface area contributed by atoms with Crippen LogP contribution in [-0.4, -0.2) is 9.79 Å². The van der Waals surface area contributed by atoms with Crippen LogP contribution in [0.15, 0.2) is 23.0 Å². The van der Waals surface area contributed by atoms with Gasteiger partial charge in [-0.2, -0.15) is 0 Å². The van der Waals surface area contributed by atoms with E-state index in [1.165, 1.54) is 37.7 Å². The highest BCUT2D eigenvalue weighted by Crippen LogP contribution is 2.62. The van der Waals surface area contributed by atoms with Crippen molar-refractivity contribution in [2.75, 3.05) is 0 Å². The molecule has 4 aliphatic carbocycles. The fourth-order valence-corrected chi connectivity index (χ4v) is 6.90. The largest absolute Gasteiger partial charge is 0.352 e. The van der Waals surface area contributed by atoms with Crippen LogP contribution in [0, 0.1) is 29.1 Å². The Labute approximate surface area is 133 Å². The molecule has 4 aliphatic rings. The van der Waals surface area contributed by atoms with E-state index >= 15 is 0 Å². The molecule has 0 aromatic heterocycles. The van der Waals surface area contributed by atoms with E-state index < -0.39 is 7.60 Å². The summed E-state index contributed by atoms with van der Waals surface area (Å²) in [5.74, 6) is 3.01. The van der Waals surface area contributed by atoms with Crippen molar-refractivity contribution in [3.05, 3.63) is 23.0 Å². The van der Waals surface area contributed by atoms with Crippen LogP contribution in [0.3, 0.4) is 0 Å². The van der Waals surface area contributed by atoms with Crippen LogP contribution in [0.2, 0.25) is 0 Å². The predicted molar refractivity (Wildman–Crippen MR) is 87.2 cm³/mol. The molecule has 0 aromatic rings. The molecular formula is C18H27O3P. The Hall–Kier alpha value is -0.370. The second kappa shape index (κ2) is 5.06. The summed E-state index contributed by atoms with van der Waals surface area (Å²) < 4.78 is 11.5. The van der Waals surface area contributed by atoms with E-state index in [9.17, 15) is 14.4 Å². The zero-order valence-electron chi connectivity index (χ0n) is 13.4. The van der Waals surface area contributed by atoms with Gasteiger partial charge in [-0.15, -0.1) is 0 Å². The highest BCUT2D eigenvalue weighted by molar-refractivity contribution is 7.56. The Balaban J connectivity index is 1.64. The van der Waals surface area contributed by atoms with Crippen molar-refractivity contribution < 1.29 is 14.4 Å². The summed E-state index contributed by atoms with van der Waals surface area (Å²) >= 11 is 0. The molecule has 0 spiro atoms. The van der Waals surface area contributed by atoms with Crippen molar-refractivity contribution in [3.8, 4) is 0 Å². The van der Waals surface area contributed by atoms with Crippen LogP contribution in [0.4, 0.5) is 0 Å². The van der Waals surface area contributed by atoms with Gasteiger partial charge in [-0.1, -0.05) is 19.4 Å². The molecule has 2 N–H and O–H groups in total. The molecule has 4 rings (SSSR count). The zero-order chi connectivity index (χ0) is 15.5. The topological polar surface area (TPSA) is 57.5 Å². The average Bonchev–Trinajstić information content (AvgIpc) is 2.87. The predicted octanol–water partition coefficient (Wildman–Crippen LogP) is 4.62. The molecule has 2 saturated carbocycles. The highest BCUT2D eigenvalue weighted by Gasteiger charge is 2.51. The van der Waals surface area contributed by atoms with Gasteiger partial charge in [-0.05, 0) is 85.7 Å². The van der Waals surface area contributed by atoms with Gasteiger partial charge in [0, 0.05) is 5.31 Å². The molecule has 122 valence electrons. The molecule has 0 radical (unpaired) electrons. The first kappa shape index (κ1) is 15.2. The normalized spacial score (nSPS) is 44.5. The Morgan fingerprint density at radius 2 is 2.00 bits per heavy atom. The maximum Gasteiger partial charge on any atom is 0.352 e. The highest BCUT2D eigenvalue weighted by atomic mass is 31.2. The van der Waals surface area contributed by atoms with E-state index in [2.05, 4.69) is 13.0 Å². The minimum Gasteiger partial charge on any atom is -0.321 e. The van der Waals surface area contributed by atoms with Gasteiger partial charge in [-0.3, -0.25) is 4.57 Å². The Kier molecular flexibility index (Phi) is 3.49. The maximum atomic E-state index is 11.5. The summed E-state index contributed by atoms with van der Waals surface area (Å²) in [4.78, 5) is 18.9. The maximum absolute atomic E-state index is 11.5. The zero-order valence-corrected chi connectivity index (χ0v) is 14.3. The molecule has 0 amide bonds. The molecule has 4 unspecified atom stereocenters. The monoisotopic (exact) mass is 322 g/mol. The van der Waals surface area contributed by atoms with Crippen LogP contribution in [0.1, 0.15) is 58.3 Å². The summed E-state index contributed by atoms with van der Waals surface area (Å²) in [6.45, 7) is 2.51. The van der Waals surface area contributed by atoms with Crippen molar-refractivity contribution >= 4 is 7.60 Å². The van der Waals surface area contributed by atoms with E-state index in [4.69, 9.17) is 0 Å². The second-order valence-electron chi connectivity index (χ2n) is 8.28. The molecular weight excluding hydrogens is 295 g/mol. The second-order valence-corrected chi connectivity index (χ2v) is 9.95. The lowest BCUT2D eigenvalue weighted by Gasteiger charge is -2.51. The molecule has 3 nitrogen and oxygen atoms in total. The van der Waals surface area contributed by atoms with Crippen LogP contribution in [-0.2, 0) is 4.57 Å². The summed E-state index contributed by atoms with van der Waals surface area (Å²) in [6, 6.07) is 0. The minimum atomic E-state index is -4.05. The summed E-state index contributed by atoms with van der Waals surface area (Å²) in [5.41, 5.74) is 1.81. The minimum absolute atomic E-state index is 0.356. The molecule has 2 fully saturated rings. The number of hydrogen-bond donors (Lipinski definition) is 2. The molecule has 4 heteroatoms. The van der Waals surface area contributed by atoms with Gasteiger partial charge in [0.05, 0.1) is 0 Å².